The molecule has 1 amide bonds. The molecule has 0 saturated carbocycles. The summed E-state index contributed by atoms with van der Waals surface area (Å²) < 4.78 is 4.75. The van der Waals surface area contributed by atoms with Gasteiger partial charge in [0, 0.05) is 5.75 Å². The second kappa shape index (κ2) is 4.90. The summed E-state index contributed by atoms with van der Waals surface area (Å²) in [6.45, 7) is 3.50. The zero-order valence-corrected chi connectivity index (χ0v) is 8.33. The normalized spacial score (nSPS) is 20.6. The fourth-order valence-corrected chi connectivity index (χ4v) is 2.17. The first kappa shape index (κ1) is 10.9. The van der Waals surface area contributed by atoms with E-state index in [1.807, 2.05) is 0 Å². The second-order valence-electron chi connectivity index (χ2n) is 2.69. The summed E-state index contributed by atoms with van der Waals surface area (Å²) >= 11 is 1.40. The van der Waals surface area contributed by atoms with Crippen LogP contribution in [0.15, 0.2) is 12.7 Å². The van der Waals surface area contributed by atoms with Crippen molar-refractivity contribution in [3.63, 3.8) is 0 Å². The third-order valence-electron chi connectivity index (χ3n) is 1.73. The zero-order chi connectivity index (χ0) is 10.6. The molecule has 1 heterocycles. The van der Waals surface area contributed by atoms with Gasteiger partial charge in [0.1, 0.15) is 12.6 Å². The molecule has 1 saturated heterocycles. The van der Waals surface area contributed by atoms with Gasteiger partial charge in [-0.15, -0.1) is 11.8 Å². The van der Waals surface area contributed by atoms with Crippen LogP contribution < -0.4 is 0 Å². The van der Waals surface area contributed by atoms with Crippen LogP contribution in [0.2, 0.25) is 0 Å². The van der Waals surface area contributed by atoms with Gasteiger partial charge >= 0.3 is 12.1 Å². The lowest BCUT2D eigenvalue weighted by molar-refractivity contribution is -0.141. The van der Waals surface area contributed by atoms with Crippen LogP contribution >= 0.6 is 11.8 Å². The number of rotatable bonds is 3. The summed E-state index contributed by atoms with van der Waals surface area (Å²) in [4.78, 5) is 23.2. The third kappa shape index (κ3) is 2.41. The first-order valence-corrected chi connectivity index (χ1v) is 5.17. The highest BCUT2D eigenvalue weighted by Crippen LogP contribution is 2.21. The molecular weight excluding hydrogens is 206 g/mol. The van der Waals surface area contributed by atoms with Gasteiger partial charge in [-0.1, -0.05) is 12.7 Å². The molecular formula is C8H11NO4S. The van der Waals surface area contributed by atoms with E-state index in [-0.39, 0.29) is 6.61 Å². The van der Waals surface area contributed by atoms with Crippen molar-refractivity contribution >= 4 is 23.8 Å². The summed E-state index contributed by atoms with van der Waals surface area (Å²) in [5.41, 5.74) is 0. The minimum Gasteiger partial charge on any atom is -0.480 e. The molecule has 1 N–H and O–H groups in total. The summed E-state index contributed by atoms with van der Waals surface area (Å²) in [7, 11) is 0. The van der Waals surface area contributed by atoms with Crippen LogP contribution in [0.1, 0.15) is 0 Å². The van der Waals surface area contributed by atoms with E-state index in [1.165, 1.54) is 22.7 Å². The molecule has 14 heavy (non-hydrogen) atoms. The van der Waals surface area contributed by atoms with Gasteiger partial charge in [-0.2, -0.15) is 0 Å². The molecule has 0 aromatic carbocycles. The van der Waals surface area contributed by atoms with E-state index in [4.69, 9.17) is 9.84 Å². The van der Waals surface area contributed by atoms with Crippen molar-refractivity contribution in [2.24, 2.45) is 0 Å². The SMILES string of the molecule is C=CCOC(=O)N1CSCC1C(=O)O. The van der Waals surface area contributed by atoms with Crippen LogP contribution in [0.25, 0.3) is 0 Å². The van der Waals surface area contributed by atoms with E-state index < -0.39 is 18.1 Å². The second-order valence-corrected chi connectivity index (χ2v) is 3.69. The van der Waals surface area contributed by atoms with Crippen molar-refractivity contribution in [1.29, 1.82) is 0 Å². The van der Waals surface area contributed by atoms with Crippen molar-refractivity contribution in [2.45, 2.75) is 6.04 Å². The van der Waals surface area contributed by atoms with Gasteiger partial charge in [-0.05, 0) is 0 Å². The summed E-state index contributed by atoms with van der Waals surface area (Å²) in [6.07, 6.45) is 0.846. The number of hydrogen-bond acceptors (Lipinski definition) is 4. The molecule has 6 heteroatoms. The lowest BCUT2D eigenvalue weighted by atomic mass is 10.3. The highest BCUT2D eigenvalue weighted by molar-refractivity contribution is 7.99. The molecule has 0 radical (unpaired) electrons. The maximum atomic E-state index is 11.3. The summed E-state index contributed by atoms with van der Waals surface area (Å²) in [5, 5.41) is 8.78. The quantitative estimate of drug-likeness (QED) is 0.707. The molecule has 1 fully saturated rings. The Kier molecular flexibility index (Phi) is 3.82. The number of carboxylic acid groups (broad SMARTS) is 1. The molecule has 1 unspecified atom stereocenters. The van der Waals surface area contributed by atoms with Crippen molar-refractivity contribution in [3.8, 4) is 0 Å². The van der Waals surface area contributed by atoms with Gasteiger partial charge in [0.15, 0.2) is 0 Å². The largest absolute Gasteiger partial charge is 0.480 e. The van der Waals surface area contributed by atoms with E-state index in [1.54, 1.807) is 0 Å². The van der Waals surface area contributed by atoms with Gasteiger partial charge in [0.05, 0.1) is 5.88 Å². The average molecular weight is 217 g/mol. The number of ether oxygens (including phenoxy) is 1. The Morgan fingerprint density at radius 1 is 1.71 bits per heavy atom. The molecule has 0 bridgehead atoms. The van der Waals surface area contributed by atoms with Crippen molar-refractivity contribution in [3.05, 3.63) is 12.7 Å². The molecule has 0 spiro atoms. The summed E-state index contributed by atoms with van der Waals surface area (Å²) in [6, 6.07) is -0.766. The number of carbonyl (C=O) groups excluding carboxylic acids is 1. The van der Waals surface area contributed by atoms with E-state index in [9.17, 15) is 9.59 Å². The molecule has 0 aliphatic carbocycles. The van der Waals surface area contributed by atoms with Gasteiger partial charge < -0.3 is 9.84 Å². The Bertz CT molecular complexity index is 256. The Hall–Kier alpha value is -1.17. The summed E-state index contributed by atoms with van der Waals surface area (Å²) in [5.74, 6) is -0.212. The molecule has 5 nitrogen and oxygen atoms in total. The van der Waals surface area contributed by atoms with E-state index >= 15 is 0 Å². The van der Waals surface area contributed by atoms with Crippen LogP contribution in [-0.2, 0) is 9.53 Å². The predicted octanol–water partition coefficient (Wildman–Crippen LogP) is 0.769. The van der Waals surface area contributed by atoms with Crippen molar-refractivity contribution < 1.29 is 19.4 Å². The van der Waals surface area contributed by atoms with Crippen molar-refractivity contribution in [2.75, 3.05) is 18.2 Å². The zero-order valence-electron chi connectivity index (χ0n) is 7.51. The minimum absolute atomic E-state index is 0.104. The van der Waals surface area contributed by atoms with Crippen LogP contribution in [0.3, 0.4) is 0 Å². The molecule has 1 aliphatic rings. The number of carbonyl (C=O) groups is 2. The highest BCUT2D eigenvalue weighted by atomic mass is 32.2. The third-order valence-corrected chi connectivity index (χ3v) is 2.74. The number of aliphatic carboxylic acids is 1. The van der Waals surface area contributed by atoms with Gasteiger partial charge in [-0.25, -0.2) is 9.59 Å². The highest BCUT2D eigenvalue weighted by Gasteiger charge is 2.35. The predicted molar refractivity (Wildman–Crippen MR) is 52.1 cm³/mol. The van der Waals surface area contributed by atoms with Crippen molar-refractivity contribution in [1.82, 2.24) is 4.90 Å². The number of carboxylic acids is 1. The molecule has 1 rings (SSSR count). The lowest BCUT2D eigenvalue weighted by Gasteiger charge is -2.19. The number of nitrogens with zero attached hydrogens (tertiary/aromatic N) is 1. The van der Waals surface area contributed by atoms with E-state index in [0.717, 1.165) is 0 Å². The van der Waals surface area contributed by atoms with Crippen LogP contribution in [0.5, 0.6) is 0 Å². The Morgan fingerprint density at radius 3 is 3.00 bits per heavy atom. The monoisotopic (exact) mass is 217 g/mol. The molecule has 1 atom stereocenters. The maximum absolute atomic E-state index is 11.3. The van der Waals surface area contributed by atoms with Crippen LogP contribution in [0, 0.1) is 0 Å². The number of hydrogen-bond donors (Lipinski definition) is 1. The standard InChI is InChI=1S/C8H11NO4S/c1-2-3-13-8(12)9-5-14-4-6(9)7(10)11/h2,6H,1,3-5H2,(H,10,11). The molecule has 1 aliphatic heterocycles. The average Bonchev–Trinajstić information content (AvgIpc) is 2.62. The van der Waals surface area contributed by atoms with Crippen LogP contribution in [0.4, 0.5) is 4.79 Å². The Balaban J connectivity index is 2.53. The number of thioether (sulfide) groups is 1. The topological polar surface area (TPSA) is 66.8 Å². The molecule has 0 aromatic rings. The van der Waals surface area contributed by atoms with E-state index in [0.29, 0.717) is 11.6 Å². The smallest absolute Gasteiger partial charge is 0.411 e. The lowest BCUT2D eigenvalue weighted by Crippen LogP contribution is -2.42. The van der Waals surface area contributed by atoms with Gasteiger partial charge in [0.2, 0.25) is 0 Å². The first-order valence-electron chi connectivity index (χ1n) is 4.01. The fourth-order valence-electron chi connectivity index (χ4n) is 1.04. The molecule has 78 valence electrons. The first-order chi connectivity index (χ1) is 6.66. The van der Waals surface area contributed by atoms with Crippen LogP contribution in [-0.4, -0.2) is 46.3 Å². The molecule has 0 aromatic heterocycles. The van der Waals surface area contributed by atoms with Gasteiger partial charge in [-0.3, -0.25) is 4.90 Å². The fraction of sp³-hybridized carbons (Fsp3) is 0.500. The maximum Gasteiger partial charge on any atom is 0.411 e. The minimum atomic E-state index is -0.995. The Morgan fingerprint density at radius 2 is 2.43 bits per heavy atom. The van der Waals surface area contributed by atoms with Gasteiger partial charge in [0.25, 0.3) is 0 Å². The van der Waals surface area contributed by atoms with E-state index in [2.05, 4.69) is 6.58 Å². The number of amides is 1. The Labute approximate surface area is 85.7 Å².